The summed E-state index contributed by atoms with van der Waals surface area (Å²) in [4.78, 5) is 0. The van der Waals surface area contributed by atoms with E-state index in [0.717, 1.165) is 0 Å². The van der Waals surface area contributed by atoms with Crippen LogP contribution in [0, 0.1) is 0 Å². The molecule has 0 heterocycles. The molecule has 0 nitrogen and oxygen atoms in total. The van der Waals surface area contributed by atoms with Gasteiger partial charge in [0.2, 0.25) is 0 Å². The van der Waals surface area contributed by atoms with Crippen molar-refractivity contribution in [1.29, 1.82) is 0 Å². The molecule has 0 bridgehead atoms. The van der Waals surface area contributed by atoms with Crippen molar-refractivity contribution in [2.75, 3.05) is 0 Å². The molecule has 0 amide bonds. The Morgan fingerprint density at radius 3 is 1.00 bits per heavy atom. The molecular weight excluding hydrogens is 79.8 g/mol. The normalized spacial score (nSPS) is 5.40. The highest BCUT2D eigenvalue weighted by molar-refractivity contribution is 6.33. The van der Waals surface area contributed by atoms with E-state index in [2.05, 4.69) is 0 Å². The third-order valence-electron chi connectivity index (χ3n) is 0. The van der Waals surface area contributed by atoms with Crippen molar-refractivity contribution in [3.63, 3.8) is 0 Å². The van der Waals surface area contributed by atoms with Gasteiger partial charge in [-0.25, -0.2) is 0 Å². The van der Waals surface area contributed by atoms with E-state index in [4.69, 9.17) is 0 Å². The largest absolute Gasteiger partial charge is 0.762 e. The van der Waals surface area contributed by atoms with Crippen molar-refractivity contribution in [3.8, 4) is 0 Å². The quantitative estimate of drug-likeness (QED) is 0.390. The van der Waals surface area contributed by atoms with Crippen molar-refractivity contribution >= 4 is 7.54 Å². The predicted octanol–water partition coefficient (Wildman–Crippen LogP) is 1.52. The summed E-state index contributed by atoms with van der Waals surface area (Å²) in [6.07, 6.45) is 0. The monoisotopic (exact) mass is 84.0 g/mol. The standard InChI is InChI=1S/CH4.BF3/c;2-1(3)4/h1H4;. The lowest BCUT2D eigenvalue weighted by Gasteiger charge is -1.55. The van der Waals surface area contributed by atoms with Gasteiger partial charge in [0.05, 0.1) is 0 Å². The van der Waals surface area contributed by atoms with E-state index in [9.17, 15) is 12.9 Å². The molecule has 5 heavy (non-hydrogen) atoms. The maximum Gasteiger partial charge on any atom is 0.762 e. The molecule has 0 rings (SSSR count). The van der Waals surface area contributed by atoms with E-state index in [1.54, 1.807) is 0 Å². The van der Waals surface area contributed by atoms with Crippen LogP contribution in [0.1, 0.15) is 7.43 Å². The fourth-order valence-electron chi connectivity index (χ4n) is 0. The highest BCUT2D eigenvalue weighted by Gasteiger charge is 2.06. The van der Waals surface area contributed by atoms with Crippen molar-refractivity contribution in [1.82, 2.24) is 0 Å². The number of hydrogen-bond donors (Lipinski definition) is 0. The third kappa shape index (κ3) is 630. The molecule has 0 saturated heterocycles. The topological polar surface area (TPSA) is 0 Å². The van der Waals surface area contributed by atoms with Crippen LogP contribution in [0.2, 0.25) is 0 Å². The van der Waals surface area contributed by atoms with Gasteiger partial charge in [-0.3, -0.25) is 12.9 Å². The first-order chi connectivity index (χ1) is 1.73. The lowest BCUT2D eigenvalue weighted by Crippen LogP contribution is -1.76. The van der Waals surface area contributed by atoms with Gasteiger partial charge in [-0.1, -0.05) is 7.43 Å². The molecule has 0 aromatic rings. The molecule has 0 unspecified atom stereocenters. The molecular formula is CH4BF3. The first kappa shape index (κ1) is 8.85. The van der Waals surface area contributed by atoms with Crippen LogP contribution in [0.5, 0.6) is 0 Å². The van der Waals surface area contributed by atoms with E-state index in [0.29, 0.717) is 0 Å². The zero-order chi connectivity index (χ0) is 3.58. The average Bonchev–Trinajstić information content (AvgIpc) is 0.811. The summed E-state index contributed by atoms with van der Waals surface area (Å²) < 4.78 is 29.0. The second-order valence-corrected chi connectivity index (χ2v) is 0.247. The number of halogens is 3. The van der Waals surface area contributed by atoms with Crippen LogP contribution in [-0.4, -0.2) is 7.54 Å². The Balaban J connectivity index is 0. The Morgan fingerprint density at radius 1 is 1.00 bits per heavy atom. The Labute approximate surface area is 29.2 Å². The van der Waals surface area contributed by atoms with E-state index in [1.807, 2.05) is 0 Å². The molecule has 0 atom stereocenters. The summed E-state index contributed by atoms with van der Waals surface area (Å²) in [6.45, 7) is 0. The third-order valence-corrected chi connectivity index (χ3v) is 0. The highest BCUT2D eigenvalue weighted by atomic mass is 19.4. The molecule has 0 aromatic carbocycles. The maximum absolute atomic E-state index is 9.67. The minimum atomic E-state index is -3.67. The lowest BCUT2D eigenvalue weighted by molar-refractivity contribution is 0.535. The summed E-state index contributed by atoms with van der Waals surface area (Å²) >= 11 is 0. The Morgan fingerprint density at radius 2 is 1.00 bits per heavy atom. The molecule has 0 aliphatic carbocycles. The van der Waals surface area contributed by atoms with Crippen LogP contribution >= 0.6 is 0 Å². The Kier molecular flexibility index (Phi) is 6.82. The van der Waals surface area contributed by atoms with E-state index < -0.39 is 7.54 Å². The maximum atomic E-state index is 9.67. The smallest absolute Gasteiger partial charge is 0.254 e. The van der Waals surface area contributed by atoms with E-state index in [-0.39, 0.29) is 7.43 Å². The molecule has 0 saturated carbocycles. The van der Waals surface area contributed by atoms with E-state index >= 15 is 0 Å². The second-order valence-electron chi connectivity index (χ2n) is 0.247. The molecule has 0 aliphatic heterocycles. The molecule has 4 heteroatoms. The average molecular weight is 83.8 g/mol. The van der Waals surface area contributed by atoms with Crippen molar-refractivity contribution in [3.05, 3.63) is 0 Å². The lowest BCUT2D eigenvalue weighted by atomic mass is 10.5. The van der Waals surface area contributed by atoms with Crippen LogP contribution < -0.4 is 0 Å². The molecule has 0 fully saturated rings. The summed E-state index contributed by atoms with van der Waals surface area (Å²) in [6, 6.07) is 0. The summed E-state index contributed by atoms with van der Waals surface area (Å²) in [5.41, 5.74) is 0. The molecule has 0 aliphatic rings. The Hall–Kier alpha value is -0.145. The van der Waals surface area contributed by atoms with Crippen LogP contribution in [0.25, 0.3) is 0 Å². The van der Waals surface area contributed by atoms with Crippen LogP contribution in [0.4, 0.5) is 12.9 Å². The molecule has 0 radical (unpaired) electrons. The minimum Gasteiger partial charge on any atom is -0.254 e. The van der Waals surface area contributed by atoms with Gasteiger partial charge in [-0.2, -0.15) is 0 Å². The summed E-state index contributed by atoms with van der Waals surface area (Å²) in [7, 11) is -3.67. The van der Waals surface area contributed by atoms with Crippen LogP contribution in [-0.2, 0) is 0 Å². The summed E-state index contributed by atoms with van der Waals surface area (Å²) in [5.74, 6) is 0. The van der Waals surface area contributed by atoms with Crippen molar-refractivity contribution in [2.24, 2.45) is 0 Å². The number of rotatable bonds is 0. The van der Waals surface area contributed by atoms with Gasteiger partial charge < -0.3 is 0 Å². The second kappa shape index (κ2) is 3.85. The van der Waals surface area contributed by atoms with Gasteiger partial charge in [-0.05, 0) is 0 Å². The number of hydrogen-bond acceptors (Lipinski definition) is 0. The van der Waals surface area contributed by atoms with Crippen LogP contribution in [0.15, 0.2) is 0 Å². The molecule has 32 valence electrons. The molecule has 0 spiro atoms. The van der Waals surface area contributed by atoms with Crippen molar-refractivity contribution in [2.45, 2.75) is 7.43 Å². The summed E-state index contributed by atoms with van der Waals surface area (Å²) in [5, 5.41) is 0. The van der Waals surface area contributed by atoms with Gasteiger partial charge in [0.1, 0.15) is 0 Å². The van der Waals surface area contributed by atoms with Gasteiger partial charge in [0, 0.05) is 0 Å². The van der Waals surface area contributed by atoms with Crippen molar-refractivity contribution < 1.29 is 12.9 Å². The Bertz CT molecular complexity index is 11.6. The SMILES string of the molecule is C.FB(F)F. The van der Waals surface area contributed by atoms with Crippen LogP contribution in [0.3, 0.4) is 0 Å². The zero-order valence-electron chi connectivity index (χ0n) is 1.71. The van der Waals surface area contributed by atoms with E-state index in [1.165, 1.54) is 0 Å². The highest BCUT2D eigenvalue weighted by Crippen LogP contribution is 1.80. The first-order valence-corrected chi connectivity index (χ1v) is 0.655. The van der Waals surface area contributed by atoms with Gasteiger partial charge in [0.15, 0.2) is 0 Å². The minimum absolute atomic E-state index is 0. The predicted molar refractivity (Wildman–Crippen MR) is 15.8 cm³/mol. The van der Waals surface area contributed by atoms with Gasteiger partial charge >= 0.3 is 7.54 Å². The fourth-order valence-corrected chi connectivity index (χ4v) is 0. The molecule has 0 N–H and O–H groups in total. The zero-order valence-corrected chi connectivity index (χ0v) is 1.71. The fraction of sp³-hybridized carbons (Fsp3) is 1.00. The first-order valence-electron chi connectivity index (χ1n) is 0.655. The molecule has 0 aromatic heterocycles. The van der Waals surface area contributed by atoms with Gasteiger partial charge in [-0.15, -0.1) is 0 Å². The van der Waals surface area contributed by atoms with Gasteiger partial charge in [0.25, 0.3) is 0 Å².